The lowest BCUT2D eigenvalue weighted by Crippen LogP contribution is -2.17. The van der Waals surface area contributed by atoms with E-state index >= 15 is 0 Å². The van der Waals surface area contributed by atoms with Gasteiger partial charge in [-0.05, 0) is 65.1 Å². The second-order valence-electron chi connectivity index (χ2n) is 5.19. The first-order valence-corrected chi connectivity index (χ1v) is 10.7. The fourth-order valence-electron chi connectivity index (χ4n) is 2.19. The van der Waals surface area contributed by atoms with Gasteiger partial charge in [-0.1, -0.05) is 46.0 Å². The van der Waals surface area contributed by atoms with Crippen molar-refractivity contribution in [1.29, 1.82) is 0 Å². The normalized spacial score (nSPS) is 15.2. The van der Waals surface area contributed by atoms with Gasteiger partial charge in [-0.25, -0.2) is 0 Å². The Morgan fingerprint density at radius 1 is 1.19 bits per heavy atom. The van der Waals surface area contributed by atoms with E-state index in [0.29, 0.717) is 28.2 Å². The van der Waals surface area contributed by atoms with Gasteiger partial charge in [0.05, 0.1) is 4.91 Å². The van der Waals surface area contributed by atoms with E-state index in [1.54, 1.807) is 6.08 Å². The maximum absolute atomic E-state index is 11.9. The number of thiocarbonyl (C=S) groups is 1. The number of carbonyl (C=O) groups is 1. The van der Waals surface area contributed by atoms with Gasteiger partial charge in [-0.3, -0.25) is 4.79 Å². The van der Waals surface area contributed by atoms with Crippen LogP contribution in [0.25, 0.3) is 6.08 Å². The fourth-order valence-corrected chi connectivity index (χ4v) is 4.12. The number of benzene rings is 2. The van der Waals surface area contributed by atoms with E-state index in [9.17, 15) is 4.79 Å². The van der Waals surface area contributed by atoms with Crippen LogP contribution in [0.3, 0.4) is 0 Å². The standard InChI is InChI=1S/C18H13BrINO3S2/c19-12-4-5-15(11(8-12)9-16-17(22)21-18(25)26-16)24-7-6-23-14-3-1-2-13(20)10-14/h1-5,8-10H,6-7H2,(H,21,22,25). The molecule has 8 heteroatoms. The zero-order valence-electron chi connectivity index (χ0n) is 13.3. The van der Waals surface area contributed by atoms with E-state index in [1.807, 2.05) is 42.5 Å². The Hall–Kier alpha value is -1.10. The Morgan fingerprint density at radius 3 is 2.73 bits per heavy atom. The Kier molecular flexibility index (Phi) is 6.96. The van der Waals surface area contributed by atoms with Crippen molar-refractivity contribution in [3.8, 4) is 11.5 Å². The Labute approximate surface area is 183 Å². The number of nitrogens with one attached hydrogen (secondary N) is 1. The molecule has 0 aromatic heterocycles. The molecule has 1 fully saturated rings. The van der Waals surface area contributed by atoms with Crippen LogP contribution in [0.5, 0.6) is 11.5 Å². The summed E-state index contributed by atoms with van der Waals surface area (Å²) in [7, 11) is 0. The van der Waals surface area contributed by atoms with Crippen LogP contribution in [0.1, 0.15) is 5.56 Å². The molecule has 0 radical (unpaired) electrons. The molecular formula is C18H13BrINO3S2. The van der Waals surface area contributed by atoms with Crippen LogP contribution < -0.4 is 14.8 Å². The molecule has 0 atom stereocenters. The predicted molar refractivity (Wildman–Crippen MR) is 121 cm³/mol. The van der Waals surface area contributed by atoms with Gasteiger partial charge in [0.2, 0.25) is 0 Å². The third-order valence-corrected chi connectivity index (χ3v) is 5.63. The SMILES string of the molecule is O=C1NC(=S)SC1=Cc1cc(Br)ccc1OCCOc1cccc(I)c1. The Bertz CT molecular complexity index is 888. The Morgan fingerprint density at radius 2 is 2.00 bits per heavy atom. The van der Waals surface area contributed by atoms with Gasteiger partial charge in [0.15, 0.2) is 0 Å². The number of amides is 1. The summed E-state index contributed by atoms with van der Waals surface area (Å²) in [6, 6.07) is 13.5. The summed E-state index contributed by atoms with van der Waals surface area (Å²) in [6.07, 6.45) is 1.78. The zero-order valence-corrected chi connectivity index (χ0v) is 18.7. The molecule has 1 amide bonds. The van der Waals surface area contributed by atoms with Crippen LogP contribution >= 0.6 is 62.5 Å². The average Bonchev–Trinajstić information content (AvgIpc) is 2.90. The van der Waals surface area contributed by atoms with E-state index in [1.165, 1.54) is 11.8 Å². The minimum absolute atomic E-state index is 0.187. The first kappa shape index (κ1) is 19.7. The van der Waals surface area contributed by atoms with Gasteiger partial charge in [-0.15, -0.1) is 0 Å². The van der Waals surface area contributed by atoms with Crippen LogP contribution in [0.2, 0.25) is 0 Å². The fraction of sp³-hybridized carbons (Fsp3) is 0.111. The third kappa shape index (κ3) is 5.45. The highest BCUT2D eigenvalue weighted by molar-refractivity contribution is 14.1. The van der Waals surface area contributed by atoms with Gasteiger partial charge in [-0.2, -0.15) is 0 Å². The van der Waals surface area contributed by atoms with E-state index in [4.69, 9.17) is 21.7 Å². The lowest BCUT2D eigenvalue weighted by atomic mass is 10.2. The van der Waals surface area contributed by atoms with E-state index in [-0.39, 0.29) is 5.91 Å². The van der Waals surface area contributed by atoms with Crippen molar-refractivity contribution in [2.24, 2.45) is 0 Å². The molecule has 1 aliphatic heterocycles. The van der Waals surface area contributed by atoms with Gasteiger partial charge in [0.25, 0.3) is 5.91 Å². The lowest BCUT2D eigenvalue weighted by Gasteiger charge is -2.11. The van der Waals surface area contributed by atoms with Crippen molar-refractivity contribution in [3.05, 3.63) is 61.0 Å². The first-order chi connectivity index (χ1) is 12.5. The summed E-state index contributed by atoms with van der Waals surface area (Å²) in [5.74, 6) is 1.30. The van der Waals surface area contributed by atoms with Gasteiger partial charge >= 0.3 is 0 Å². The molecule has 1 saturated heterocycles. The monoisotopic (exact) mass is 561 g/mol. The van der Waals surface area contributed by atoms with Crippen molar-refractivity contribution < 1.29 is 14.3 Å². The van der Waals surface area contributed by atoms with Crippen LogP contribution in [-0.4, -0.2) is 23.4 Å². The van der Waals surface area contributed by atoms with Crippen molar-refractivity contribution >= 4 is 78.8 Å². The smallest absolute Gasteiger partial charge is 0.263 e. The number of hydrogen-bond acceptors (Lipinski definition) is 5. The molecule has 26 heavy (non-hydrogen) atoms. The first-order valence-electron chi connectivity index (χ1n) is 7.57. The molecule has 134 valence electrons. The maximum Gasteiger partial charge on any atom is 0.263 e. The number of thioether (sulfide) groups is 1. The number of halogens is 2. The molecule has 4 nitrogen and oxygen atoms in total. The molecule has 1 N–H and O–H groups in total. The van der Waals surface area contributed by atoms with Gasteiger partial charge in [0.1, 0.15) is 29.0 Å². The number of rotatable bonds is 6. The molecule has 2 aromatic rings. The molecule has 2 aromatic carbocycles. The van der Waals surface area contributed by atoms with Crippen LogP contribution in [-0.2, 0) is 4.79 Å². The maximum atomic E-state index is 11.9. The molecule has 1 aliphatic rings. The minimum atomic E-state index is -0.187. The highest BCUT2D eigenvalue weighted by atomic mass is 127. The zero-order chi connectivity index (χ0) is 18.5. The molecule has 0 bridgehead atoms. The summed E-state index contributed by atoms with van der Waals surface area (Å²) in [4.78, 5) is 12.4. The molecule has 1 heterocycles. The van der Waals surface area contributed by atoms with Crippen molar-refractivity contribution in [3.63, 3.8) is 0 Å². The van der Waals surface area contributed by atoms with Crippen LogP contribution in [0.4, 0.5) is 0 Å². The second kappa shape index (κ2) is 9.20. The van der Waals surface area contributed by atoms with E-state index < -0.39 is 0 Å². The Balaban J connectivity index is 1.65. The third-order valence-electron chi connectivity index (χ3n) is 3.31. The van der Waals surface area contributed by atoms with Crippen molar-refractivity contribution in [1.82, 2.24) is 5.32 Å². The number of hydrogen-bond donors (Lipinski definition) is 1. The summed E-state index contributed by atoms with van der Waals surface area (Å²) >= 11 is 12.0. The van der Waals surface area contributed by atoms with Crippen molar-refractivity contribution in [2.75, 3.05) is 13.2 Å². The largest absolute Gasteiger partial charge is 0.490 e. The molecular weight excluding hydrogens is 549 g/mol. The average molecular weight is 562 g/mol. The van der Waals surface area contributed by atoms with Crippen LogP contribution in [0.15, 0.2) is 51.8 Å². The molecule has 0 spiro atoms. The van der Waals surface area contributed by atoms with Gasteiger partial charge in [0, 0.05) is 13.6 Å². The van der Waals surface area contributed by atoms with E-state index in [2.05, 4.69) is 43.8 Å². The number of ether oxygens (including phenoxy) is 2. The molecule has 0 saturated carbocycles. The van der Waals surface area contributed by atoms with Gasteiger partial charge < -0.3 is 14.8 Å². The highest BCUT2D eigenvalue weighted by Gasteiger charge is 2.22. The van der Waals surface area contributed by atoms with Crippen molar-refractivity contribution in [2.45, 2.75) is 0 Å². The summed E-state index contributed by atoms with van der Waals surface area (Å²) in [5, 5.41) is 2.61. The predicted octanol–water partition coefficient (Wildman–Crippen LogP) is 5.00. The minimum Gasteiger partial charge on any atom is -0.490 e. The number of carbonyl (C=O) groups excluding carboxylic acids is 1. The second-order valence-corrected chi connectivity index (χ2v) is 9.07. The molecule has 0 unspecified atom stereocenters. The lowest BCUT2D eigenvalue weighted by molar-refractivity contribution is -0.115. The summed E-state index contributed by atoms with van der Waals surface area (Å²) in [5.41, 5.74) is 0.802. The van der Waals surface area contributed by atoms with E-state index in [0.717, 1.165) is 19.4 Å². The summed E-state index contributed by atoms with van der Waals surface area (Å²) < 4.78 is 14.0. The van der Waals surface area contributed by atoms with Crippen LogP contribution in [0, 0.1) is 3.57 Å². The summed E-state index contributed by atoms with van der Waals surface area (Å²) in [6.45, 7) is 0.812. The highest BCUT2D eigenvalue weighted by Crippen LogP contribution is 2.31. The molecule has 0 aliphatic carbocycles. The quantitative estimate of drug-likeness (QED) is 0.233. The topological polar surface area (TPSA) is 47.6 Å². The molecule has 3 rings (SSSR count).